The van der Waals surface area contributed by atoms with Crippen molar-refractivity contribution < 1.29 is 18.0 Å². The van der Waals surface area contributed by atoms with Gasteiger partial charge in [0.15, 0.2) is 0 Å². The van der Waals surface area contributed by atoms with Crippen molar-refractivity contribution in [1.82, 2.24) is 10.2 Å². The van der Waals surface area contributed by atoms with Gasteiger partial charge in [-0.3, -0.25) is 13.9 Å². The van der Waals surface area contributed by atoms with E-state index in [1.54, 1.807) is 17.0 Å². The van der Waals surface area contributed by atoms with Gasteiger partial charge in [0.05, 0.1) is 11.9 Å². The highest BCUT2D eigenvalue weighted by Gasteiger charge is 2.28. The zero-order valence-electron chi connectivity index (χ0n) is 20.7. The lowest BCUT2D eigenvalue weighted by Crippen LogP contribution is -2.49. The number of hydrogen-bond donors (Lipinski definition) is 1. The van der Waals surface area contributed by atoms with Crippen molar-refractivity contribution in [2.45, 2.75) is 59.0 Å². The maximum atomic E-state index is 13.3. The van der Waals surface area contributed by atoms with Gasteiger partial charge < -0.3 is 10.2 Å². The van der Waals surface area contributed by atoms with Gasteiger partial charge in [-0.2, -0.15) is 0 Å². The number of nitrogens with zero attached hydrogens (tertiary/aromatic N) is 2. The first kappa shape index (κ1) is 27.4. The number of benzene rings is 2. The van der Waals surface area contributed by atoms with Crippen LogP contribution in [-0.4, -0.2) is 50.5 Å². The maximum absolute atomic E-state index is 13.3. The lowest BCUT2D eigenvalue weighted by molar-refractivity contribution is -0.141. The largest absolute Gasteiger partial charge is 0.355 e. The van der Waals surface area contributed by atoms with Crippen LogP contribution < -0.4 is 9.62 Å². The van der Waals surface area contributed by atoms with Crippen molar-refractivity contribution in [3.8, 4) is 0 Å². The number of aryl methyl sites for hydroxylation is 1. The van der Waals surface area contributed by atoms with Gasteiger partial charge in [-0.25, -0.2) is 8.42 Å². The predicted molar refractivity (Wildman–Crippen MR) is 137 cm³/mol. The van der Waals surface area contributed by atoms with Crippen molar-refractivity contribution in [3.63, 3.8) is 0 Å². The molecule has 0 bridgehead atoms. The number of hydrogen-bond acceptors (Lipinski definition) is 4. The second-order valence-corrected chi connectivity index (χ2v) is 10.2. The molecule has 8 heteroatoms. The molecule has 0 aromatic heterocycles. The fraction of sp³-hybridized carbons (Fsp3) is 0.462. The van der Waals surface area contributed by atoms with Crippen LogP contribution in [0.5, 0.6) is 0 Å². The Morgan fingerprint density at radius 1 is 0.941 bits per heavy atom. The lowest BCUT2D eigenvalue weighted by Gasteiger charge is -2.31. The van der Waals surface area contributed by atoms with E-state index in [9.17, 15) is 18.0 Å². The molecule has 0 aliphatic rings. The van der Waals surface area contributed by atoms with E-state index in [-0.39, 0.29) is 24.8 Å². The molecule has 2 aromatic rings. The molecule has 0 saturated heterocycles. The highest BCUT2D eigenvalue weighted by Crippen LogP contribution is 2.20. The van der Waals surface area contributed by atoms with Crippen molar-refractivity contribution in [3.05, 3.63) is 65.7 Å². The number of carbonyl (C=O) groups excluding carboxylic acids is 2. The van der Waals surface area contributed by atoms with Crippen LogP contribution in [0, 0.1) is 0 Å². The molecule has 2 amide bonds. The third-order valence-corrected chi connectivity index (χ3v) is 6.91. The molecule has 0 radical (unpaired) electrons. The second-order valence-electron chi connectivity index (χ2n) is 8.28. The summed E-state index contributed by atoms with van der Waals surface area (Å²) in [6.07, 6.45) is 3.02. The highest BCUT2D eigenvalue weighted by molar-refractivity contribution is 7.92. The van der Waals surface area contributed by atoms with E-state index in [0.29, 0.717) is 31.6 Å². The normalized spacial score (nSPS) is 12.1. The Kier molecular flexibility index (Phi) is 10.6. The summed E-state index contributed by atoms with van der Waals surface area (Å²) in [4.78, 5) is 27.6. The van der Waals surface area contributed by atoms with Gasteiger partial charge in [0, 0.05) is 26.1 Å². The number of rotatable bonds is 13. The van der Waals surface area contributed by atoms with Gasteiger partial charge in [0.25, 0.3) is 0 Å². The Labute approximate surface area is 204 Å². The zero-order valence-corrected chi connectivity index (χ0v) is 21.5. The fourth-order valence-electron chi connectivity index (χ4n) is 3.89. The molecule has 2 aromatic carbocycles. The van der Waals surface area contributed by atoms with Crippen molar-refractivity contribution >= 4 is 27.5 Å². The standard InChI is InChI=1S/C26H37N3O4S/c1-5-21-15-17-23(18-16-21)29(34(4,32)33)19-11-14-25(30)28(20-22-12-9-8-10-13-22)24(6-2)26(31)27-7-3/h8-10,12-13,15-18,24H,5-7,11,14,19-20H2,1-4H3,(H,27,31)/t24-/m0/s1. The maximum Gasteiger partial charge on any atom is 0.242 e. The quantitative estimate of drug-likeness (QED) is 0.466. The smallest absolute Gasteiger partial charge is 0.242 e. The molecule has 1 N–H and O–H groups in total. The van der Waals surface area contributed by atoms with Gasteiger partial charge in [-0.05, 0) is 49.4 Å². The van der Waals surface area contributed by atoms with Crippen LogP contribution in [0.1, 0.15) is 51.2 Å². The Hall–Kier alpha value is -2.87. The van der Waals surface area contributed by atoms with E-state index in [2.05, 4.69) is 5.32 Å². The van der Waals surface area contributed by atoms with Gasteiger partial charge in [0.2, 0.25) is 21.8 Å². The molecule has 2 rings (SSSR count). The van der Waals surface area contributed by atoms with Gasteiger partial charge in [-0.1, -0.05) is 56.3 Å². The van der Waals surface area contributed by atoms with Crippen LogP contribution >= 0.6 is 0 Å². The lowest BCUT2D eigenvalue weighted by atomic mass is 10.1. The first-order chi connectivity index (χ1) is 16.2. The summed E-state index contributed by atoms with van der Waals surface area (Å²) in [7, 11) is -3.50. The molecular weight excluding hydrogens is 450 g/mol. The minimum absolute atomic E-state index is 0.141. The number of carbonyl (C=O) groups is 2. The Bertz CT molecular complexity index is 1020. The van der Waals surface area contributed by atoms with Crippen LogP contribution in [0.25, 0.3) is 0 Å². The van der Waals surface area contributed by atoms with Crippen LogP contribution in [0.4, 0.5) is 5.69 Å². The summed E-state index contributed by atoms with van der Waals surface area (Å²) >= 11 is 0. The molecule has 0 aliphatic heterocycles. The van der Waals surface area contributed by atoms with Crippen LogP contribution in [-0.2, 0) is 32.6 Å². The zero-order chi connectivity index (χ0) is 25.1. The molecular formula is C26H37N3O4S. The Balaban J connectivity index is 2.16. The van der Waals surface area contributed by atoms with Crippen LogP contribution in [0.15, 0.2) is 54.6 Å². The molecule has 7 nitrogen and oxygen atoms in total. The van der Waals surface area contributed by atoms with Crippen molar-refractivity contribution in [2.75, 3.05) is 23.7 Å². The molecule has 0 aliphatic carbocycles. The summed E-state index contributed by atoms with van der Waals surface area (Å²) < 4.78 is 26.2. The van der Waals surface area contributed by atoms with Crippen molar-refractivity contribution in [2.24, 2.45) is 0 Å². The number of anilines is 1. The summed E-state index contributed by atoms with van der Waals surface area (Å²) in [6, 6.07) is 16.4. The average Bonchev–Trinajstić information content (AvgIpc) is 2.81. The first-order valence-electron chi connectivity index (χ1n) is 11.9. The molecule has 186 valence electrons. The van der Waals surface area contributed by atoms with Crippen LogP contribution in [0.3, 0.4) is 0 Å². The summed E-state index contributed by atoms with van der Waals surface area (Å²) in [5.74, 6) is -0.347. The summed E-state index contributed by atoms with van der Waals surface area (Å²) in [6.45, 7) is 6.78. The third-order valence-electron chi connectivity index (χ3n) is 5.72. The molecule has 0 saturated carbocycles. The minimum Gasteiger partial charge on any atom is -0.355 e. The monoisotopic (exact) mass is 487 g/mol. The van der Waals surface area contributed by atoms with Gasteiger partial charge >= 0.3 is 0 Å². The second kappa shape index (κ2) is 13.1. The van der Waals surface area contributed by atoms with Gasteiger partial charge in [0.1, 0.15) is 6.04 Å². The highest BCUT2D eigenvalue weighted by atomic mass is 32.2. The van der Waals surface area contributed by atoms with E-state index in [1.807, 2.05) is 63.2 Å². The Morgan fingerprint density at radius 2 is 1.59 bits per heavy atom. The first-order valence-corrected chi connectivity index (χ1v) is 13.7. The van der Waals surface area contributed by atoms with E-state index in [1.165, 1.54) is 10.6 Å². The molecule has 0 fully saturated rings. The number of likely N-dealkylation sites (N-methyl/N-ethyl adjacent to an activating group) is 1. The van der Waals surface area contributed by atoms with E-state index in [4.69, 9.17) is 0 Å². The van der Waals surface area contributed by atoms with E-state index < -0.39 is 16.1 Å². The molecule has 0 unspecified atom stereocenters. The molecule has 1 atom stereocenters. The van der Waals surface area contributed by atoms with E-state index in [0.717, 1.165) is 17.5 Å². The topological polar surface area (TPSA) is 86.8 Å². The summed E-state index contributed by atoms with van der Waals surface area (Å²) in [5.41, 5.74) is 2.65. The van der Waals surface area contributed by atoms with Crippen LogP contribution in [0.2, 0.25) is 0 Å². The average molecular weight is 488 g/mol. The number of sulfonamides is 1. The number of amides is 2. The Morgan fingerprint density at radius 3 is 2.12 bits per heavy atom. The molecule has 0 spiro atoms. The SMILES string of the molecule is CCNC(=O)[C@H](CC)N(Cc1ccccc1)C(=O)CCCN(c1ccc(CC)cc1)S(C)(=O)=O. The minimum atomic E-state index is -3.50. The van der Waals surface area contributed by atoms with Gasteiger partial charge in [-0.15, -0.1) is 0 Å². The molecule has 0 heterocycles. The van der Waals surface area contributed by atoms with E-state index >= 15 is 0 Å². The summed E-state index contributed by atoms with van der Waals surface area (Å²) in [5, 5.41) is 2.82. The third kappa shape index (κ3) is 7.87. The molecule has 34 heavy (non-hydrogen) atoms. The fourth-order valence-corrected chi connectivity index (χ4v) is 4.86. The predicted octanol–water partition coefficient (Wildman–Crippen LogP) is 3.74. The number of nitrogens with one attached hydrogen (secondary N) is 1. The van der Waals surface area contributed by atoms with Crippen molar-refractivity contribution in [1.29, 1.82) is 0 Å².